The zero-order chi connectivity index (χ0) is 12.1. The first-order chi connectivity index (χ1) is 8.24. The van der Waals surface area contributed by atoms with E-state index in [2.05, 4.69) is 25.6 Å². The van der Waals surface area contributed by atoms with Crippen molar-refractivity contribution in [1.29, 1.82) is 0 Å². The highest BCUT2D eigenvalue weighted by molar-refractivity contribution is 5.98. The predicted molar refractivity (Wildman–Crippen MR) is 63.6 cm³/mol. The van der Waals surface area contributed by atoms with Crippen molar-refractivity contribution in [2.45, 2.75) is 6.92 Å². The van der Waals surface area contributed by atoms with Gasteiger partial charge in [0.25, 0.3) is 0 Å². The van der Waals surface area contributed by atoms with Crippen LogP contribution in [0.4, 0.5) is 16.4 Å². The Morgan fingerprint density at radius 3 is 2.59 bits per heavy atom. The number of nitrogens with zero attached hydrogens (tertiary/aromatic N) is 3. The lowest BCUT2D eigenvalue weighted by Gasteiger charge is -2.05. The molecular formula is C11H11N5O. The van der Waals surface area contributed by atoms with Crippen LogP contribution in [0.2, 0.25) is 0 Å². The van der Waals surface area contributed by atoms with E-state index in [0.29, 0.717) is 11.6 Å². The molecular weight excluding hydrogens is 218 g/mol. The smallest absolute Gasteiger partial charge is 0.292 e. The highest BCUT2D eigenvalue weighted by Gasteiger charge is 2.03. The number of pyridine rings is 1. The van der Waals surface area contributed by atoms with Crippen LogP contribution >= 0.6 is 0 Å². The van der Waals surface area contributed by atoms with Crippen molar-refractivity contribution in [1.82, 2.24) is 15.0 Å². The standard InChI is InChI=1S/C11H11N5O/c1-8-2-3-13-9(6-8)15-11(17)16-10-7-12-4-5-14-10/h2-7H,1H3,(H2,13,14,15,16,17). The zero-order valence-electron chi connectivity index (χ0n) is 9.21. The fourth-order valence-corrected chi connectivity index (χ4v) is 1.23. The summed E-state index contributed by atoms with van der Waals surface area (Å²) in [5.74, 6) is 0.879. The summed E-state index contributed by atoms with van der Waals surface area (Å²) in [5, 5.41) is 5.15. The number of anilines is 2. The van der Waals surface area contributed by atoms with Gasteiger partial charge in [-0.05, 0) is 24.6 Å². The number of rotatable bonds is 2. The van der Waals surface area contributed by atoms with E-state index in [9.17, 15) is 4.79 Å². The zero-order valence-corrected chi connectivity index (χ0v) is 9.21. The number of aromatic nitrogens is 3. The molecule has 2 N–H and O–H groups in total. The SMILES string of the molecule is Cc1ccnc(NC(=O)Nc2cnccn2)c1. The first-order valence-electron chi connectivity index (χ1n) is 5.01. The van der Waals surface area contributed by atoms with Crippen molar-refractivity contribution in [3.63, 3.8) is 0 Å². The number of urea groups is 1. The maximum Gasteiger partial charge on any atom is 0.326 e. The molecule has 6 heteroatoms. The van der Waals surface area contributed by atoms with E-state index in [1.54, 1.807) is 12.3 Å². The van der Waals surface area contributed by atoms with E-state index in [-0.39, 0.29) is 0 Å². The number of nitrogens with one attached hydrogen (secondary N) is 2. The Bertz CT molecular complexity index is 514. The third-order valence-electron chi connectivity index (χ3n) is 1.96. The normalized spacial score (nSPS) is 9.71. The van der Waals surface area contributed by atoms with Crippen LogP contribution < -0.4 is 10.6 Å². The second-order valence-corrected chi connectivity index (χ2v) is 3.39. The minimum absolute atomic E-state index is 0.387. The first kappa shape index (κ1) is 11.0. The van der Waals surface area contributed by atoms with Crippen LogP contribution in [0.5, 0.6) is 0 Å². The van der Waals surface area contributed by atoms with Crippen molar-refractivity contribution < 1.29 is 4.79 Å². The summed E-state index contributed by atoms with van der Waals surface area (Å²) in [5.41, 5.74) is 1.02. The average molecular weight is 229 g/mol. The van der Waals surface area contributed by atoms with Crippen molar-refractivity contribution in [3.05, 3.63) is 42.5 Å². The van der Waals surface area contributed by atoms with Gasteiger partial charge in [0, 0.05) is 18.6 Å². The molecule has 0 saturated heterocycles. The molecule has 86 valence electrons. The maximum atomic E-state index is 11.6. The van der Waals surface area contributed by atoms with Crippen LogP contribution in [-0.2, 0) is 0 Å². The Labute approximate surface area is 98.1 Å². The van der Waals surface area contributed by atoms with Crippen molar-refractivity contribution >= 4 is 17.7 Å². The molecule has 0 aliphatic carbocycles. The summed E-state index contributed by atoms with van der Waals surface area (Å²) in [6.07, 6.45) is 6.13. The topological polar surface area (TPSA) is 79.8 Å². The molecule has 0 spiro atoms. The van der Waals surface area contributed by atoms with Gasteiger partial charge in [0.1, 0.15) is 5.82 Å². The number of carbonyl (C=O) groups is 1. The molecule has 0 radical (unpaired) electrons. The van der Waals surface area contributed by atoms with Crippen molar-refractivity contribution in [2.75, 3.05) is 10.6 Å². The number of carbonyl (C=O) groups excluding carboxylic acids is 1. The molecule has 0 saturated carbocycles. The molecule has 0 unspecified atom stereocenters. The highest BCUT2D eigenvalue weighted by atomic mass is 16.2. The van der Waals surface area contributed by atoms with Gasteiger partial charge in [-0.2, -0.15) is 0 Å². The van der Waals surface area contributed by atoms with Crippen LogP contribution in [0.25, 0.3) is 0 Å². The van der Waals surface area contributed by atoms with Gasteiger partial charge in [0.15, 0.2) is 5.82 Å². The minimum Gasteiger partial charge on any atom is -0.292 e. The summed E-state index contributed by atoms with van der Waals surface area (Å²) < 4.78 is 0. The van der Waals surface area contributed by atoms with Crippen LogP contribution in [-0.4, -0.2) is 21.0 Å². The van der Waals surface area contributed by atoms with Crippen molar-refractivity contribution in [3.8, 4) is 0 Å². The highest BCUT2D eigenvalue weighted by Crippen LogP contribution is 2.06. The van der Waals surface area contributed by atoms with Crippen molar-refractivity contribution in [2.24, 2.45) is 0 Å². The predicted octanol–water partition coefficient (Wildman–Crippen LogP) is 1.82. The Morgan fingerprint density at radius 2 is 1.88 bits per heavy atom. The second kappa shape index (κ2) is 5.02. The summed E-state index contributed by atoms with van der Waals surface area (Å²) in [6, 6.07) is 3.23. The fraction of sp³-hybridized carbons (Fsp3) is 0.0909. The molecule has 2 aromatic rings. The van der Waals surface area contributed by atoms with Gasteiger partial charge in [0.05, 0.1) is 6.20 Å². The lowest BCUT2D eigenvalue weighted by molar-refractivity contribution is 0.262. The van der Waals surface area contributed by atoms with Crippen LogP contribution in [0.1, 0.15) is 5.56 Å². The number of hydrogen-bond donors (Lipinski definition) is 2. The maximum absolute atomic E-state index is 11.6. The quantitative estimate of drug-likeness (QED) is 0.823. The van der Waals surface area contributed by atoms with E-state index >= 15 is 0 Å². The molecule has 17 heavy (non-hydrogen) atoms. The lowest BCUT2D eigenvalue weighted by atomic mass is 10.3. The Hall–Kier alpha value is -2.50. The molecule has 0 bridgehead atoms. The van der Waals surface area contributed by atoms with Crippen LogP contribution in [0, 0.1) is 6.92 Å². The molecule has 2 amide bonds. The Morgan fingerprint density at radius 1 is 1.12 bits per heavy atom. The molecule has 0 fully saturated rings. The van der Waals surface area contributed by atoms with E-state index in [1.807, 2.05) is 13.0 Å². The van der Waals surface area contributed by atoms with E-state index in [0.717, 1.165) is 5.56 Å². The van der Waals surface area contributed by atoms with E-state index in [1.165, 1.54) is 18.6 Å². The summed E-state index contributed by atoms with van der Waals surface area (Å²) in [7, 11) is 0. The molecule has 2 heterocycles. The van der Waals surface area contributed by atoms with E-state index < -0.39 is 6.03 Å². The molecule has 2 aromatic heterocycles. The van der Waals surface area contributed by atoms with Crippen LogP contribution in [0.3, 0.4) is 0 Å². The monoisotopic (exact) mass is 229 g/mol. The molecule has 0 aliphatic rings. The summed E-state index contributed by atoms with van der Waals surface area (Å²) in [6.45, 7) is 1.92. The number of hydrogen-bond acceptors (Lipinski definition) is 4. The fourth-order valence-electron chi connectivity index (χ4n) is 1.23. The van der Waals surface area contributed by atoms with Gasteiger partial charge < -0.3 is 0 Å². The third kappa shape index (κ3) is 3.23. The summed E-state index contributed by atoms with van der Waals surface area (Å²) >= 11 is 0. The second-order valence-electron chi connectivity index (χ2n) is 3.39. The van der Waals surface area contributed by atoms with Gasteiger partial charge >= 0.3 is 6.03 Å². The number of aryl methyl sites for hydroxylation is 1. The van der Waals surface area contributed by atoms with Gasteiger partial charge in [-0.3, -0.25) is 15.6 Å². The Balaban J connectivity index is 1.98. The average Bonchev–Trinajstić information content (AvgIpc) is 2.30. The van der Waals surface area contributed by atoms with E-state index in [4.69, 9.17) is 0 Å². The largest absolute Gasteiger partial charge is 0.326 e. The van der Waals surface area contributed by atoms with Gasteiger partial charge in [0.2, 0.25) is 0 Å². The summed E-state index contributed by atoms with van der Waals surface area (Å²) in [4.78, 5) is 23.3. The first-order valence-corrected chi connectivity index (χ1v) is 5.01. The molecule has 6 nitrogen and oxygen atoms in total. The number of amides is 2. The Kier molecular flexibility index (Phi) is 3.25. The third-order valence-corrected chi connectivity index (χ3v) is 1.96. The molecule has 0 aliphatic heterocycles. The van der Waals surface area contributed by atoms with Gasteiger partial charge in [-0.1, -0.05) is 0 Å². The molecule has 0 atom stereocenters. The molecule has 0 aromatic carbocycles. The van der Waals surface area contributed by atoms with Crippen LogP contribution in [0.15, 0.2) is 36.9 Å². The van der Waals surface area contributed by atoms with Gasteiger partial charge in [-0.25, -0.2) is 14.8 Å². The van der Waals surface area contributed by atoms with Gasteiger partial charge in [-0.15, -0.1) is 0 Å². The lowest BCUT2D eigenvalue weighted by Crippen LogP contribution is -2.20. The molecule has 2 rings (SSSR count). The minimum atomic E-state index is -0.399.